The van der Waals surface area contributed by atoms with Gasteiger partial charge in [0.15, 0.2) is 0 Å². The Morgan fingerprint density at radius 1 is 1.39 bits per heavy atom. The number of hydrogen-bond donors (Lipinski definition) is 1. The van der Waals surface area contributed by atoms with Crippen LogP contribution < -0.4 is 10.1 Å². The fraction of sp³-hybridized carbons (Fsp3) is 0.417. The number of ether oxygens (including phenoxy) is 1. The van der Waals surface area contributed by atoms with E-state index in [0.29, 0.717) is 12.4 Å². The zero-order valence-corrected chi connectivity index (χ0v) is 11.5. The molecule has 5 nitrogen and oxygen atoms in total. The van der Waals surface area contributed by atoms with Crippen molar-refractivity contribution >= 4 is 17.2 Å². The Hall–Kier alpha value is -1.69. The molecule has 0 aliphatic heterocycles. The van der Waals surface area contributed by atoms with Crippen LogP contribution >= 0.6 is 11.3 Å². The van der Waals surface area contributed by atoms with Crippen LogP contribution in [0.15, 0.2) is 17.8 Å². The average Bonchev–Trinajstić information content (AvgIpc) is 2.72. The van der Waals surface area contributed by atoms with Gasteiger partial charge in [0.05, 0.1) is 23.4 Å². The highest BCUT2D eigenvalue weighted by atomic mass is 32.1. The van der Waals surface area contributed by atoms with Crippen molar-refractivity contribution in [3.8, 4) is 5.88 Å². The molecule has 18 heavy (non-hydrogen) atoms. The summed E-state index contributed by atoms with van der Waals surface area (Å²) in [6, 6.07) is 1.79. The predicted molar refractivity (Wildman–Crippen MR) is 72.0 cm³/mol. The van der Waals surface area contributed by atoms with Gasteiger partial charge in [0.2, 0.25) is 5.88 Å². The zero-order chi connectivity index (χ0) is 13.0. The maximum absolute atomic E-state index is 5.51. The van der Waals surface area contributed by atoms with Crippen molar-refractivity contribution in [2.24, 2.45) is 0 Å². The van der Waals surface area contributed by atoms with Crippen LogP contribution in [0.4, 0.5) is 5.82 Å². The molecule has 0 fully saturated rings. The second kappa shape index (κ2) is 5.77. The minimum absolute atomic E-state index is 0.106. The lowest BCUT2D eigenvalue weighted by Crippen LogP contribution is -2.08. The molecule has 0 radical (unpaired) electrons. The summed E-state index contributed by atoms with van der Waals surface area (Å²) >= 11 is 1.64. The first-order chi connectivity index (χ1) is 8.63. The Kier molecular flexibility index (Phi) is 4.09. The third-order valence-electron chi connectivity index (χ3n) is 2.12. The van der Waals surface area contributed by atoms with Crippen LogP contribution in [0.25, 0.3) is 0 Å². The Bertz CT molecular complexity index is 512. The Balaban J connectivity index is 1.96. The Morgan fingerprint density at radius 3 is 2.89 bits per heavy atom. The monoisotopic (exact) mass is 264 g/mol. The molecule has 2 heterocycles. The highest BCUT2D eigenvalue weighted by Gasteiger charge is 2.03. The first-order valence-corrected chi connectivity index (χ1v) is 6.65. The van der Waals surface area contributed by atoms with Gasteiger partial charge in [0.25, 0.3) is 0 Å². The first-order valence-electron chi connectivity index (χ1n) is 5.77. The third kappa shape index (κ3) is 3.66. The maximum Gasteiger partial charge on any atom is 0.218 e. The van der Waals surface area contributed by atoms with Crippen LogP contribution in [-0.4, -0.2) is 21.1 Å². The second-order valence-electron chi connectivity index (χ2n) is 4.12. The average molecular weight is 264 g/mol. The predicted octanol–water partition coefficient (Wildman–Crippen LogP) is 2.64. The van der Waals surface area contributed by atoms with Crippen molar-refractivity contribution in [1.82, 2.24) is 15.0 Å². The van der Waals surface area contributed by atoms with Crippen molar-refractivity contribution in [3.63, 3.8) is 0 Å². The molecule has 2 aromatic rings. The van der Waals surface area contributed by atoms with E-state index in [1.54, 1.807) is 17.4 Å². The molecule has 96 valence electrons. The number of nitrogens with one attached hydrogen (secondary N) is 1. The summed E-state index contributed by atoms with van der Waals surface area (Å²) in [4.78, 5) is 12.6. The van der Waals surface area contributed by atoms with Crippen molar-refractivity contribution in [1.29, 1.82) is 0 Å². The first kappa shape index (κ1) is 12.8. The topological polar surface area (TPSA) is 59.9 Å². The Morgan fingerprint density at radius 2 is 2.22 bits per heavy atom. The molecule has 2 aromatic heterocycles. The van der Waals surface area contributed by atoms with Gasteiger partial charge in [-0.2, -0.15) is 0 Å². The van der Waals surface area contributed by atoms with Crippen molar-refractivity contribution < 1.29 is 4.74 Å². The minimum atomic E-state index is 0.106. The molecule has 0 unspecified atom stereocenters. The molecule has 0 amide bonds. The Labute approximate surface area is 110 Å². The molecule has 1 N–H and O–H groups in total. The molecular formula is C12H16N4OS. The van der Waals surface area contributed by atoms with E-state index in [1.807, 2.05) is 26.2 Å². The SMILES string of the molecule is Cc1nc(CNc2cc(OC(C)C)ncn2)cs1. The number of anilines is 1. The van der Waals surface area contributed by atoms with Crippen LogP contribution in [0, 0.1) is 6.92 Å². The van der Waals surface area contributed by atoms with E-state index in [0.717, 1.165) is 16.5 Å². The van der Waals surface area contributed by atoms with Crippen molar-refractivity contribution in [3.05, 3.63) is 28.5 Å². The number of aromatic nitrogens is 3. The largest absolute Gasteiger partial charge is 0.475 e. The number of aryl methyl sites for hydroxylation is 1. The number of nitrogens with zero attached hydrogens (tertiary/aromatic N) is 3. The van der Waals surface area contributed by atoms with Gasteiger partial charge in [0.1, 0.15) is 12.1 Å². The lowest BCUT2D eigenvalue weighted by Gasteiger charge is -2.09. The molecular weight excluding hydrogens is 248 g/mol. The summed E-state index contributed by atoms with van der Waals surface area (Å²) in [6.07, 6.45) is 1.60. The lowest BCUT2D eigenvalue weighted by molar-refractivity contribution is 0.232. The summed E-state index contributed by atoms with van der Waals surface area (Å²) < 4.78 is 5.51. The highest BCUT2D eigenvalue weighted by Crippen LogP contribution is 2.14. The lowest BCUT2D eigenvalue weighted by atomic mass is 10.4. The third-order valence-corrected chi connectivity index (χ3v) is 2.94. The van der Waals surface area contributed by atoms with Crippen molar-refractivity contribution in [2.75, 3.05) is 5.32 Å². The second-order valence-corrected chi connectivity index (χ2v) is 5.18. The molecule has 0 saturated heterocycles. The van der Waals surface area contributed by atoms with Gasteiger partial charge >= 0.3 is 0 Å². The molecule has 0 saturated carbocycles. The van der Waals surface area contributed by atoms with Crippen LogP contribution in [0.5, 0.6) is 5.88 Å². The molecule has 0 bridgehead atoms. The van der Waals surface area contributed by atoms with E-state index >= 15 is 0 Å². The number of hydrogen-bond acceptors (Lipinski definition) is 6. The molecule has 0 aliphatic rings. The summed E-state index contributed by atoms with van der Waals surface area (Å²) in [5.74, 6) is 1.32. The van der Waals surface area contributed by atoms with Gasteiger partial charge in [-0.3, -0.25) is 0 Å². The van der Waals surface area contributed by atoms with Gasteiger partial charge < -0.3 is 10.1 Å². The smallest absolute Gasteiger partial charge is 0.218 e. The van der Waals surface area contributed by atoms with E-state index in [-0.39, 0.29) is 6.10 Å². The zero-order valence-electron chi connectivity index (χ0n) is 10.7. The summed E-state index contributed by atoms with van der Waals surface area (Å²) in [5, 5.41) is 6.31. The minimum Gasteiger partial charge on any atom is -0.475 e. The fourth-order valence-corrected chi connectivity index (χ4v) is 2.03. The maximum atomic E-state index is 5.51. The van der Waals surface area contributed by atoms with E-state index in [4.69, 9.17) is 4.74 Å². The van der Waals surface area contributed by atoms with E-state index < -0.39 is 0 Å². The summed E-state index contributed by atoms with van der Waals surface area (Å²) in [7, 11) is 0. The quantitative estimate of drug-likeness (QED) is 0.899. The molecule has 0 aliphatic carbocycles. The van der Waals surface area contributed by atoms with Gasteiger partial charge in [0, 0.05) is 11.4 Å². The normalized spacial score (nSPS) is 10.7. The van der Waals surface area contributed by atoms with E-state index in [1.165, 1.54) is 6.33 Å². The molecule has 0 atom stereocenters. The summed E-state index contributed by atoms with van der Waals surface area (Å²) in [6.45, 7) is 6.58. The standard InChI is InChI=1S/C12H16N4OS/c1-8(2)17-12-4-11(14-7-15-12)13-5-10-6-18-9(3)16-10/h4,6-8H,5H2,1-3H3,(H,13,14,15). The summed E-state index contributed by atoms with van der Waals surface area (Å²) in [5.41, 5.74) is 1.02. The number of rotatable bonds is 5. The molecule has 6 heteroatoms. The van der Waals surface area contributed by atoms with Crippen LogP contribution in [0.2, 0.25) is 0 Å². The molecule has 2 rings (SSSR count). The van der Waals surface area contributed by atoms with E-state index in [9.17, 15) is 0 Å². The van der Waals surface area contributed by atoms with Gasteiger partial charge in [-0.1, -0.05) is 0 Å². The van der Waals surface area contributed by atoms with Crippen LogP contribution in [-0.2, 0) is 6.54 Å². The molecule has 0 spiro atoms. The van der Waals surface area contributed by atoms with Crippen LogP contribution in [0.3, 0.4) is 0 Å². The fourth-order valence-electron chi connectivity index (χ4n) is 1.41. The number of thiazole rings is 1. The van der Waals surface area contributed by atoms with Gasteiger partial charge in [-0.15, -0.1) is 11.3 Å². The van der Waals surface area contributed by atoms with Crippen LogP contribution in [0.1, 0.15) is 24.5 Å². The van der Waals surface area contributed by atoms with Gasteiger partial charge in [-0.25, -0.2) is 15.0 Å². The van der Waals surface area contributed by atoms with Crippen molar-refractivity contribution in [2.45, 2.75) is 33.4 Å². The molecule has 0 aromatic carbocycles. The van der Waals surface area contributed by atoms with Gasteiger partial charge in [-0.05, 0) is 20.8 Å². The van der Waals surface area contributed by atoms with E-state index in [2.05, 4.69) is 20.3 Å². The highest BCUT2D eigenvalue weighted by molar-refractivity contribution is 7.09.